The highest BCUT2D eigenvalue weighted by Crippen LogP contribution is 2.55. The van der Waals surface area contributed by atoms with Gasteiger partial charge in [0.2, 0.25) is 12.5 Å². The zero-order chi connectivity index (χ0) is 25.6. The van der Waals surface area contributed by atoms with Gasteiger partial charge in [-0.1, -0.05) is 0 Å². The molecule has 11 nitrogen and oxygen atoms in total. The molecule has 2 aliphatic heterocycles. The maximum absolute atomic E-state index is 13.2. The third kappa shape index (κ3) is 3.70. The molecular weight excluding hydrogens is 474 g/mol. The second-order valence-corrected chi connectivity index (χ2v) is 9.28. The number of aliphatic hydroxyl groups is 3. The first kappa shape index (κ1) is 24.4. The van der Waals surface area contributed by atoms with Gasteiger partial charge in [0.15, 0.2) is 23.0 Å². The van der Waals surface area contributed by atoms with Gasteiger partial charge in [-0.05, 0) is 41.0 Å². The molecule has 0 spiro atoms. The van der Waals surface area contributed by atoms with Crippen molar-refractivity contribution in [2.75, 3.05) is 47.4 Å². The number of esters is 1. The smallest absolute Gasteiger partial charge is 0.310 e. The normalized spacial score (nSPS) is 24.2. The fourth-order valence-electron chi connectivity index (χ4n) is 5.46. The standard InChI is InChI=1S/C25H29NO10/c1-32-18-3-12(4-19(33-2)23(18)30)20-13-5-16-17(36-11-35-16)6-14(13)22(15-7-34-24(31)21(15)20)26-25(8-27,9-28)10-29/h3-6,15,20-22,26-30H,7-11H2,1-2H3/t15?,20-,21?,22-/m1/s1. The van der Waals surface area contributed by atoms with Crippen LogP contribution in [0.5, 0.6) is 28.7 Å². The number of phenols is 1. The molecule has 36 heavy (non-hydrogen) atoms. The highest BCUT2D eigenvalue weighted by Gasteiger charge is 2.54. The molecule has 3 aliphatic rings. The van der Waals surface area contributed by atoms with Crippen LogP contribution < -0.4 is 24.3 Å². The number of aliphatic hydroxyl groups excluding tert-OH is 3. The van der Waals surface area contributed by atoms with Gasteiger partial charge < -0.3 is 44.1 Å². The average Bonchev–Trinajstić information content (AvgIpc) is 3.52. The molecule has 0 bridgehead atoms. The number of carbonyl (C=O) groups excluding carboxylic acids is 1. The monoisotopic (exact) mass is 503 g/mol. The quantitative estimate of drug-likeness (QED) is 0.318. The number of aromatic hydroxyl groups is 1. The Morgan fingerprint density at radius 2 is 1.53 bits per heavy atom. The summed E-state index contributed by atoms with van der Waals surface area (Å²) in [6.45, 7) is -1.45. The SMILES string of the molecule is COc1cc([C@@H]2c3cc4c(cc3[C@@H](NC(CO)(CO)CO)C3COC(=O)C32)OCO4)cc(OC)c1O. The van der Waals surface area contributed by atoms with E-state index in [4.69, 9.17) is 23.7 Å². The number of carbonyl (C=O) groups is 1. The number of phenolic OH excluding ortho intramolecular Hbond substituents is 1. The molecule has 1 saturated heterocycles. The van der Waals surface area contributed by atoms with Gasteiger partial charge >= 0.3 is 5.97 Å². The van der Waals surface area contributed by atoms with E-state index >= 15 is 0 Å². The number of nitrogens with one attached hydrogen (secondary N) is 1. The second kappa shape index (κ2) is 9.32. The van der Waals surface area contributed by atoms with Crippen molar-refractivity contribution < 1.29 is 48.9 Å². The molecule has 0 radical (unpaired) electrons. The molecule has 5 rings (SSSR count). The van der Waals surface area contributed by atoms with Crippen LogP contribution in [0.3, 0.4) is 0 Å². The molecule has 0 amide bonds. The first-order valence-corrected chi connectivity index (χ1v) is 11.6. The van der Waals surface area contributed by atoms with Crippen molar-refractivity contribution in [3.8, 4) is 28.7 Å². The Bertz CT molecular complexity index is 1130. The molecular formula is C25H29NO10. The van der Waals surface area contributed by atoms with Gasteiger partial charge in [-0.25, -0.2) is 0 Å². The van der Waals surface area contributed by atoms with Crippen molar-refractivity contribution in [2.45, 2.75) is 17.5 Å². The van der Waals surface area contributed by atoms with Gasteiger partial charge in [0.05, 0.1) is 52.1 Å². The van der Waals surface area contributed by atoms with Crippen LogP contribution >= 0.6 is 0 Å². The molecule has 2 aromatic rings. The van der Waals surface area contributed by atoms with Gasteiger partial charge in [-0.3, -0.25) is 10.1 Å². The number of fused-ring (bicyclic) bond motifs is 3. The van der Waals surface area contributed by atoms with Crippen LogP contribution in [0.2, 0.25) is 0 Å². The van der Waals surface area contributed by atoms with E-state index in [9.17, 15) is 25.2 Å². The summed E-state index contributed by atoms with van der Waals surface area (Å²) >= 11 is 0. The molecule has 2 aromatic carbocycles. The Labute approximate surface area is 207 Å². The molecule has 2 unspecified atom stereocenters. The minimum absolute atomic E-state index is 0.0462. The Morgan fingerprint density at radius 3 is 2.08 bits per heavy atom. The van der Waals surface area contributed by atoms with Crippen molar-refractivity contribution in [2.24, 2.45) is 11.8 Å². The summed E-state index contributed by atoms with van der Waals surface area (Å²) in [5.74, 6) is -0.757. The van der Waals surface area contributed by atoms with E-state index in [0.29, 0.717) is 17.1 Å². The van der Waals surface area contributed by atoms with Crippen LogP contribution in [0.4, 0.5) is 0 Å². The molecule has 194 valence electrons. The fraction of sp³-hybridized carbons (Fsp3) is 0.480. The minimum atomic E-state index is -1.40. The number of hydrogen-bond donors (Lipinski definition) is 5. The molecule has 0 aromatic heterocycles. The Hall–Kier alpha value is -3.25. The molecule has 5 N–H and O–H groups in total. The summed E-state index contributed by atoms with van der Waals surface area (Å²) in [5.41, 5.74) is 0.738. The fourth-order valence-corrected chi connectivity index (χ4v) is 5.46. The van der Waals surface area contributed by atoms with E-state index in [2.05, 4.69) is 5.32 Å². The second-order valence-electron chi connectivity index (χ2n) is 9.28. The minimum Gasteiger partial charge on any atom is -0.502 e. The van der Waals surface area contributed by atoms with Gasteiger partial charge in [-0.15, -0.1) is 0 Å². The van der Waals surface area contributed by atoms with Crippen molar-refractivity contribution in [1.29, 1.82) is 0 Å². The van der Waals surface area contributed by atoms with E-state index in [1.807, 2.05) is 12.1 Å². The van der Waals surface area contributed by atoms with Gasteiger partial charge in [0.25, 0.3) is 0 Å². The van der Waals surface area contributed by atoms with E-state index in [1.54, 1.807) is 12.1 Å². The molecule has 11 heteroatoms. The van der Waals surface area contributed by atoms with Crippen molar-refractivity contribution in [1.82, 2.24) is 5.32 Å². The third-order valence-corrected chi connectivity index (χ3v) is 7.42. The molecule has 2 heterocycles. The third-order valence-electron chi connectivity index (χ3n) is 7.42. The van der Waals surface area contributed by atoms with Crippen molar-refractivity contribution >= 4 is 5.97 Å². The largest absolute Gasteiger partial charge is 0.502 e. The summed E-state index contributed by atoms with van der Waals surface area (Å²) < 4.78 is 27.5. The number of rotatable bonds is 8. The zero-order valence-corrected chi connectivity index (χ0v) is 19.9. The first-order valence-electron chi connectivity index (χ1n) is 11.6. The van der Waals surface area contributed by atoms with Gasteiger partial charge in [0, 0.05) is 17.9 Å². The lowest BCUT2D eigenvalue weighted by atomic mass is 9.65. The number of methoxy groups -OCH3 is 2. The number of cyclic esters (lactones) is 1. The van der Waals surface area contributed by atoms with E-state index in [-0.39, 0.29) is 30.6 Å². The number of ether oxygens (including phenoxy) is 5. The zero-order valence-electron chi connectivity index (χ0n) is 19.9. The Morgan fingerprint density at radius 1 is 0.944 bits per heavy atom. The predicted octanol–water partition coefficient (Wildman–Crippen LogP) is 0.419. The number of benzene rings is 2. The summed E-state index contributed by atoms with van der Waals surface area (Å²) in [6.07, 6.45) is 0. The van der Waals surface area contributed by atoms with E-state index < -0.39 is 55.1 Å². The topological polar surface area (TPSA) is 156 Å². The van der Waals surface area contributed by atoms with Crippen LogP contribution in [-0.4, -0.2) is 79.4 Å². The van der Waals surface area contributed by atoms with Crippen LogP contribution in [0, 0.1) is 11.8 Å². The lowest BCUT2D eigenvalue weighted by molar-refractivity contribution is -0.141. The van der Waals surface area contributed by atoms with Crippen LogP contribution in [0.1, 0.15) is 28.7 Å². The predicted molar refractivity (Wildman–Crippen MR) is 123 cm³/mol. The van der Waals surface area contributed by atoms with Crippen molar-refractivity contribution in [3.05, 3.63) is 41.0 Å². The highest BCUT2D eigenvalue weighted by atomic mass is 16.7. The lowest BCUT2D eigenvalue weighted by Crippen LogP contribution is -2.58. The van der Waals surface area contributed by atoms with Gasteiger partial charge in [-0.2, -0.15) is 0 Å². The lowest BCUT2D eigenvalue weighted by Gasteiger charge is -2.43. The molecule has 1 fully saturated rings. The molecule has 4 atom stereocenters. The Kier molecular flexibility index (Phi) is 6.33. The molecule has 0 saturated carbocycles. The van der Waals surface area contributed by atoms with Crippen molar-refractivity contribution in [3.63, 3.8) is 0 Å². The Balaban J connectivity index is 1.73. The van der Waals surface area contributed by atoms with E-state index in [1.165, 1.54) is 14.2 Å². The average molecular weight is 504 g/mol. The number of hydrogen-bond acceptors (Lipinski definition) is 11. The van der Waals surface area contributed by atoms with E-state index in [0.717, 1.165) is 11.1 Å². The molecule has 1 aliphatic carbocycles. The summed E-state index contributed by atoms with van der Waals surface area (Å²) in [4.78, 5) is 13.2. The highest BCUT2D eigenvalue weighted by molar-refractivity contribution is 5.79. The summed E-state index contributed by atoms with van der Waals surface area (Å²) in [5, 5.41) is 43.7. The summed E-state index contributed by atoms with van der Waals surface area (Å²) in [7, 11) is 2.85. The van der Waals surface area contributed by atoms with Crippen LogP contribution in [-0.2, 0) is 9.53 Å². The maximum Gasteiger partial charge on any atom is 0.310 e. The van der Waals surface area contributed by atoms with Crippen LogP contribution in [0.25, 0.3) is 0 Å². The summed E-state index contributed by atoms with van der Waals surface area (Å²) in [6, 6.07) is 6.37. The van der Waals surface area contributed by atoms with Gasteiger partial charge in [0.1, 0.15) is 0 Å². The maximum atomic E-state index is 13.2. The van der Waals surface area contributed by atoms with Crippen LogP contribution in [0.15, 0.2) is 24.3 Å². The first-order chi connectivity index (χ1) is 17.4.